The van der Waals surface area contributed by atoms with E-state index in [1.165, 1.54) is 17.7 Å². The Bertz CT molecular complexity index is 924. The number of tetrazole rings is 1. The third-order valence-electron chi connectivity index (χ3n) is 4.83. The average molecular weight is 396 g/mol. The predicted molar refractivity (Wildman–Crippen MR) is 104 cm³/mol. The molecule has 0 saturated carbocycles. The van der Waals surface area contributed by atoms with Crippen molar-refractivity contribution < 1.29 is 9.59 Å². The highest BCUT2D eigenvalue weighted by Crippen LogP contribution is 2.19. The maximum atomic E-state index is 12.9. The first-order chi connectivity index (χ1) is 13.7. The summed E-state index contributed by atoms with van der Waals surface area (Å²) in [6, 6.07) is 10.9. The molecule has 1 fully saturated rings. The van der Waals surface area contributed by atoms with Gasteiger partial charge >= 0.3 is 0 Å². The Morgan fingerprint density at radius 3 is 2.79 bits per heavy atom. The van der Waals surface area contributed by atoms with E-state index in [2.05, 4.69) is 20.8 Å². The Balaban J connectivity index is 1.34. The number of hydrogen-bond donors (Lipinski definition) is 1. The zero-order valence-corrected chi connectivity index (χ0v) is 16.0. The number of likely N-dealkylation sites (tertiary alicyclic amines) is 1. The minimum Gasteiger partial charge on any atom is -0.351 e. The lowest BCUT2D eigenvalue weighted by Crippen LogP contribution is -2.43. The topological polar surface area (TPSA) is 93.0 Å². The van der Waals surface area contributed by atoms with E-state index in [1.54, 1.807) is 16.8 Å². The summed E-state index contributed by atoms with van der Waals surface area (Å²) >= 11 is 1.43. The van der Waals surface area contributed by atoms with Gasteiger partial charge in [0.1, 0.15) is 6.33 Å². The van der Waals surface area contributed by atoms with Crippen LogP contribution >= 0.6 is 11.3 Å². The molecule has 0 spiro atoms. The van der Waals surface area contributed by atoms with E-state index in [0.29, 0.717) is 23.5 Å². The van der Waals surface area contributed by atoms with Crippen molar-refractivity contribution in [3.63, 3.8) is 0 Å². The fraction of sp³-hybridized carbons (Fsp3) is 0.316. The maximum Gasteiger partial charge on any atom is 0.261 e. The molecule has 1 N–H and O–H groups in total. The number of benzene rings is 1. The van der Waals surface area contributed by atoms with Gasteiger partial charge in [-0.15, -0.1) is 16.4 Å². The molecular weight excluding hydrogens is 376 g/mol. The largest absolute Gasteiger partial charge is 0.351 e. The minimum atomic E-state index is -0.0448. The third-order valence-corrected chi connectivity index (χ3v) is 5.70. The van der Waals surface area contributed by atoms with Gasteiger partial charge in [0.25, 0.3) is 11.8 Å². The van der Waals surface area contributed by atoms with E-state index in [9.17, 15) is 9.59 Å². The molecule has 28 heavy (non-hydrogen) atoms. The van der Waals surface area contributed by atoms with Crippen LogP contribution in [0.15, 0.2) is 48.1 Å². The standard InChI is InChI=1S/C19H20N6O2S/c26-18(17-4-2-10-28-17)20-11-14-3-1-9-24(12-14)19(27)15-5-7-16(8-6-15)25-13-21-22-23-25/h2,4-8,10,13-14H,1,3,9,11-12H2,(H,20,26). The van der Waals surface area contributed by atoms with Crippen LogP contribution in [0.2, 0.25) is 0 Å². The van der Waals surface area contributed by atoms with Gasteiger partial charge in [-0.2, -0.15) is 0 Å². The summed E-state index contributed by atoms with van der Waals surface area (Å²) in [5, 5.41) is 15.9. The fourth-order valence-electron chi connectivity index (χ4n) is 3.37. The van der Waals surface area contributed by atoms with Crippen LogP contribution in [0.5, 0.6) is 0 Å². The predicted octanol–water partition coefficient (Wildman–Crippen LogP) is 2.01. The van der Waals surface area contributed by atoms with Gasteiger partial charge in [-0.3, -0.25) is 9.59 Å². The summed E-state index contributed by atoms with van der Waals surface area (Å²) in [6.07, 6.45) is 3.46. The SMILES string of the molecule is O=C(NCC1CCCN(C(=O)c2ccc(-n3cnnn3)cc2)C1)c1cccs1. The number of carbonyl (C=O) groups excluding carboxylic acids is 2. The van der Waals surface area contributed by atoms with Crippen molar-refractivity contribution in [2.24, 2.45) is 5.92 Å². The van der Waals surface area contributed by atoms with Crippen molar-refractivity contribution >= 4 is 23.2 Å². The van der Waals surface area contributed by atoms with Gasteiger partial charge in [0.15, 0.2) is 0 Å². The molecule has 1 atom stereocenters. The van der Waals surface area contributed by atoms with Gasteiger partial charge in [-0.1, -0.05) is 6.07 Å². The first-order valence-electron chi connectivity index (χ1n) is 9.15. The second-order valence-corrected chi connectivity index (χ2v) is 7.70. The van der Waals surface area contributed by atoms with Gasteiger partial charge in [0.2, 0.25) is 0 Å². The van der Waals surface area contributed by atoms with Gasteiger partial charge in [0, 0.05) is 25.2 Å². The highest BCUT2D eigenvalue weighted by molar-refractivity contribution is 7.12. The van der Waals surface area contributed by atoms with Gasteiger partial charge < -0.3 is 10.2 Å². The molecule has 0 aliphatic carbocycles. The quantitative estimate of drug-likeness (QED) is 0.712. The van der Waals surface area contributed by atoms with Crippen LogP contribution in [0.25, 0.3) is 5.69 Å². The number of piperidine rings is 1. The first-order valence-corrected chi connectivity index (χ1v) is 10.0. The van der Waals surface area contributed by atoms with Crippen molar-refractivity contribution in [2.75, 3.05) is 19.6 Å². The molecule has 2 aromatic heterocycles. The van der Waals surface area contributed by atoms with E-state index in [-0.39, 0.29) is 17.7 Å². The van der Waals surface area contributed by atoms with E-state index >= 15 is 0 Å². The van der Waals surface area contributed by atoms with Gasteiger partial charge in [-0.25, -0.2) is 4.68 Å². The number of thiophene rings is 1. The third kappa shape index (κ3) is 4.09. The van der Waals surface area contributed by atoms with Crippen LogP contribution in [0.3, 0.4) is 0 Å². The Morgan fingerprint density at radius 1 is 1.21 bits per heavy atom. The molecule has 3 aromatic rings. The van der Waals surface area contributed by atoms with Gasteiger partial charge in [-0.05, 0) is 64.9 Å². The number of aromatic nitrogens is 4. The molecule has 2 amide bonds. The molecule has 3 heterocycles. The Hall–Kier alpha value is -3.07. The lowest BCUT2D eigenvalue weighted by Gasteiger charge is -2.33. The lowest BCUT2D eigenvalue weighted by molar-refractivity contribution is 0.0671. The van der Waals surface area contributed by atoms with Crippen molar-refractivity contribution in [2.45, 2.75) is 12.8 Å². The summed E-state index contributed by atoms with van der Waals surface area (Å²) in [4.78, 5) is 27.6. The van der Waals surface area contributed by atoms with Crippen molar-refractivity contribution in [1.29, 1.82) is 0 Å². The summed E-state index contributed by atoms with van der Waals surface area (Å²) < 4.78 is 1.54. The molecular formula is C19H20N6O2S. The van der Waals surface area contributed by atoms with Crippen LogP contribution in [0.1, 0.15) is 32.9 Å². The molecule has 0 radical (unpaired) electrons. The smallest absolute Gasteiger partial charge is 0.261 e. The summed E-state index contributed by atoms with van der Waals surface area (Å²) in [7, 11) is 0. The molecule has 8 nitrogen and oxygen atoms in total. The summed E-state index contributed by atoms with van der Waals surface area (Å²) in [5.74, 6) is 0.233. The molecule has 9 heteroatoms. The molecule has 1 aliphatic heterocycles. The van der Waals surface area contributed by atoms with Crippen LogP contribution in [-0.2, 0) is 0 Å². The molecule has 1 aliphatic rings. The zero-order valence-electron chi connectivity index (χ0n) is 15.2. The Kier molecular flexibility index (Phi) is 5.43. The van der Waals surface area contributed by atoms with Crippen LogP contribution < -0.4 is 5.32 Å². The lowest BCUT2D eigenvalue weighted by atomic mass is 9.97. The number of rotatable bonds is 5. The van der Waals surface area contributed by atoms with E-state index < -0.39 is 0 Å². The van der Waals surface area contributed by atoms with E-state index in [1.807, 2.05) is 34.5 Å². The highest BCUT2D eigenvalue weighted by atomic mass is 32.1. The molecule has 4 rings (SSSR count). The maximum absolute atomic E-state index is 12.9. The van der Waals surface area contributed by atoms with Crippen molar-refractivity contribution in [3.8, 4) is 5.69 Å². The number of carbonyl (C=O) groups is 2. The van der Waals surface area contributed by atoms with E-state index in [0.717, 1.165) is 25.1 Å². The molecule has 1 unspecified atom stereocenters. The normalized spacial score (nSPS) is 16.7. The molecule has 1 saturated heterocycles. The fourth-order valence-corrected chi connectivity index (χ4v) is 4.01. The highest BCUT2D eigenvalue weighted by Gasteiger charge is 2.25. The summed E-state index contributed by atoms with van der Waals surface area (Å²) in [6.45, 7) is 1.97. The van der Waals surface area contributed by atoms with Crippen molar-refractivity contribution in [3.05, 3.63) is 58.5 Å². The molecule has 0 bridgehead atoms. The number of hydrogen-bond acceptors (Lipinski definition) is 6. The first kappa shape index (κ1) is 18.3. The molecule has 144 valence electrons. The second-order valence-electron chi connectivity index (χ2n) is 6.75. The van der Waals surface area contributed by atoms with Crippen LogP contribution in [0, 0.1) is 5.92 Å². The van der Waals surface area contributed by atoms with Crippen LogP contribution in [-0.4, -0.2) is 56.6 Å². The monoisotopic (exact) mass is 396 g/mol. The molecule has 1 aromatic carbocycles. The average Bonchev–Trinajstić information content (AvgIpc) is 3.46. The number of nitrogens with zero attached hydrogens (tertiary/aromatic N) is 5. The van der Waals surface area contributed by atoms with Crippen LogP contribution in [0.4, 0.5) is 0 Å². The van der Waals surface area contributed by atoms with E-state index in [4.69, 9.17) is 0 Å². The number of nitrogens with one attached hydrogen (secondary N) is 1. The Labute approximate surface area is 166 Å². The second kappa shape index (κ2) is 8.30. The number of amides is 2. The Morgan fingerprint density at radius 2 is 2.07 bits per heavy atom. The van der Waals surface area contributed by atoms with Crippen molar-refractivity contribution in [1.82, 2.24) is 30.4 Å². The minimum absolute atomic E-state index is 0.0116. The summed E-state index contributed by atoms with van der Waals surface area (Å²) in [5.41, 5.74) is 1.44. The van der Waals surface area contributed by atoms with Gasteiger partial charge in [0.05, 0.1) is 10.6 Å². The zero-order chi connectivity index (χ0) is 19.3.